The van der Waals surface area contributed by atoms with Gasteiger partial charge < -0.3 is 14.8 Å². The van der Waals surface area contributed by atoms with Crippen LogP contribution in [-0.2, 0) is 6.54 Å². The van der Waals surface area contributed by atoms with Gasteiger partial charge in [0.05, 0.1) is 0 Å². The smallest absolute Gasteiger partial charge is 0.105 e. The fourth-order valence-corrected chi connectivity index (χ4v) is 2.99. The van der Waals surface area contributed by atoms with E-state index in [2.05, 4.69) is 46.9 Å². The van der Waals surface area contributed by atoms with E-state index >= 15 is 0 Å². The molecule has 0 aliphatic carbocycles. The van der Waals surface area contributed by atoms with Crippen LogP contribution in [0.15, 0.2) is 12.4 Å². The van der Waals surface area contributed by atoms with Crippen LogP contribution in [0.3, 0.4) is 0 Å². The van der Waals surface area contributed by atoms with Gasteiger partial charge in [-0.25, -0.2) is 4.98 Å². The van der Waals surface area contributed by atoms with Crippen LogP contribution in [0, 0.1) is 12.8 Å². The highest BCUT2D eigenvalue weighted by molar-refractivity contribution is 4.89. The van der Waals surface area contributed by atoms with Crippen LogP contribution in [0.25, 0.3) is 0 Å². The van der Waals surface area contributed by atoms with Gasteiger partial charge in [-0.05, 0) is 32.9 Å². The first kappa shape index (κ1) is 13.6. The van der Waals surface area contributed by atoms with E-state index in [1.165, 1.54) is 25.9 Å². The van der Waals surface area contributed by atoms with E-state index in [1.54, 1.807) is 0 Å². The molecule has 0 bridgehead atoms. The quantitative estimate of drug-likeness (QED) is 0.860. The summed E-state index contributed by atoms with van der Waals surface area (Å²) < 4.78 is 2.24. The van der Waals surface area contributed by atoms with Gasteiger partial charge in [0.15, 0.2) is 0 Å². The molecule has 2 heterocycles. The number of imidazole rings is 1. The standard InChI is InChI=1S/C14H26N4/c1-4-13-11-17(7-5-14(13)15-3)9-10-18-8-6-16-12(18)2/h6,8,13-15H,4-5,7,9-11H2,1-3H3. The van der Waals surface area contributed by atoms with Crippen molar-refractivity contribution in [1.29, 1.82) is 0 Å². The Morgan fingerprint density at radius 1 is 1.44 bits per heavy atom. The molecule has 0 amide bonds. The molecule has 1 N–H and O–H groups in total. The van der Waals surface area contributed by atoms with Crippen molar-refractivity contribution in [2.45, 2.75) is 39.3 Å². The molecule has 1 aromatic rings. The molecular weight excluding hydrogens is 224 g/mol. The van der Waals surface area contributed by atoms with Crippen LogP contribution in [-0.4, -0.2) is 47.2 Å². The Hall–Kier alpha value is -0.870. The average Bonchev–Trinajstić information content (AvgIpc) is 2.81. The zero-order chi connectivity index (χ0) is 13.0. The first-order chi connectivity index (χ1) is 8.74. The molecule has 1 aliphatic heterocycles. The molecule has 102 valence electrons. The van der Waals surface area contributed by atoms with Crippen molar-refractivity contribution in [1.82, 2.24) is 19.8 Å². The van der Waals surface area contributed by atoms with Gasteiger partial charge in [-0.3, -0.25) is 0 Å². The Kier molecular flexibility index (Phi) is 4.78. The normalized spacial score (nSPS) is 25.5. The summed E-state index contributed by atoms with van der Waals surface area (Å²) in [6.45, 7) is 9.03. The number of hydrogen-bond donors (Lipinski definition) is 1. The summed E-state index contributed by atoms with van der Waals surface area (Å²) in [5.74, 6) is 1.92. The van der Waals surface area contributed by atoms with Crippen molar-refractivity contribution in [3.8, 4) is 0 Å². The predicted octanol–water partition coefficient (Wildman–Crippen LogP) is 1.51. The van der Waals surface area contributed by atoms with E-state index in [0.29, 0.717) is 6.04 Å². The van der Waals surface area contributed by atoms with E-state index in [4.69, 9.17) is 0 Å². The summed E-state index contributed by atoms with van der Waals surface area (Å²) in [5, 5.41) is 3.46. The Balaban J connectivity index is 1.82. The van der Waals surface area contributed by atoms with Crippen LogP contribution in [0.2, 0.25) is 0 Å². The molecule has 2 unspecified atom stereocenters. The van der Waals surface area contributed by atoms with Crippen LogP contribution in [0.4, 0.5) is 0 Å². The lowest BCUT2D eigenvalue weighted by Crippen LogP contribution is -2.48. The van der Waals surface area contributed by atoms with Gasteiger partial charge in [0.1, 0.15) is 5.82 Å². The lowest BCUT2D eigenvalue weighted by atomic mass is 9.90. The predicted molar refractivity (Wildman–Crippen MR) is 74.6 cm³/mol. The second-order valence-electron chi connectivity index (χ2n) is 5.32. The minimum atomic E-state index is 0.709. The lowest BCUT2D eigenvalue weighted by molar-refractivity contribution is 0.134. The number of aromatic nitrogens is 2. The Morgan fingerprint density at radius 2 is 2.28 bits per heavy atom. The molecule has 4 heteroatoms. The topological polar surface area (TPSA) is 33.1 Å². The zero-order valence-corrected chi connectivity index (χ0v) is 11.9. The minimum Gasteiger partial charge on any atom is -0.334 e. The van der Waals surface area contributed by atoms with E-state index < -0.39 is 0 Å². The highest BCUT2D eigenvalue weighted by Gasteiger charge is 2.26. The van der Waals surface area contributed by atoms with E-state index in [9.17, 15) is 0 Å². The maximum absolute atomic E-state index is 4.27. The monoisotopic (exact) mass is 250 g/mol. The molecule has 1 aromatic heterocycles. The maximum atomic E-state index is 4.27. The second-order valence-corrected chi connectivity index (χ2v) is 5.32. The molecule has 4 nitrogen and oxygen atoms in total. The highest BCUT2D eigenvalue weighted by atomic mass is 15.2. The van der Waals surface area contributed by atoms with Crippen LogP contribution in [0.1, 0.15) is 25.6 Å². The zero-order valence-electron chi connectivity index (χ0n) is 11.9. The number of nitrogens with zero attached hydrogens (tertiary/aromatic N) is 3. The Labute approximate surface area is 110 Å². The lowest BCUT2D eigenvalue weighted by Gasteiger charge is -2.38. The van der Waals surface area contributed by atoms with E-state index in [1.807, 2.05) is 6.20 Å². The van der Waals surface area contributed by atoms with E-state index in [0.717, 1.165) is 24.8 Å². The third-order valence-corrected chi connectivity index (χ3v) is 4.29. The third-order valence-electron chi connectivity index (χ3n) is 4.29. The average molecular weight is 250 g/mol. The minimum absolute atomic E-state index is 0.709. The molecule has 18 heavy (non-hydrogen) atoms. The van der Waals surface area contributed by atoms with Crippen molar-refractivity contribution in [3.05, 3.63) is 18.2 Å². The van der Waals surface area contributed by atoms with Crippen LogP contribution in [0.5, 0.6) is 0 Å². The van der Waals surface area contributed by atoms with Crippen molar-refractivity contribution in [2.24, 2.45) is 5.92 Å². The first-order valence-corrected chi connectivity index (χ1v) is 7.12. The van der Waals surface area contributed by atoms with Crippen molar-refractivity contribution >= 4 is 0 Å². The highest BCUT2D eigenvalue weighted by Crippen LogP contribution is 2.19. The summed E-state index contributed by atoms with van der Waals surface area (Å²) in [5.41, 5.74) is 0. The fraction of sp³-hybridized carbons (Fsp3) is 0.786. The summed E-state index contributed by atoms with van der Waals surface area (Å²) in [6, 6.07) is 0.709. The molecule has 2 rings (SSSR count). The number of likely N-dealkylation sites (tertiary alicyclic amines) is 1. The molecule has 1 fully saturated rings. The largest absolute Gasteiger partial charge is 0.334 e. The number of hydrogen-bond acceptors (Lipinski definition) is 3. The summed E-state index contributed by atoms with van der Waals surface area (Å²) >= 11 is 0. The molecule has 0 radical (unpaired) electrons. The molecule has 0 aromatic carbocycles. The second kappa shape index (κ2) is 6.34. The fourth-order valence-electron chi connectivity index (χ4n) is 2.99. The SMILES string of the molecule is CCC1CN(CCn2ccnc2C)CCC1NC. The molecule has 1 aliphatic rings. The first-order valence-electron chi connectivity index (χ1n) is 7.12. The van der Waals surface area contributed by atoms with Crippen LogP contribution >= 0.6 is 0 Å². The number of piperidine rings is 1. The number of nitrogens with one attached hydrogen (secondary N) is 1. The van der Waals surface area contributed by atoms with Gasteiger partial charge in [0.25, 0.3) is 0 Å². The van der Waals surface area contributed by atoms with Crippen LogP contribution < -0.4 is 5.32 Å². The van der Waals surface area contributed by atoms with Gasteiger partial charge in [0.2, 0.25) is 0 Å². The van der Waals surface area contributed by atoms with Gasteiger partial charge in [0, 0.05) is 38.1 Å². The summed E-state index contributed by atoms with van der Waals surface area (Å²) in [4.78, 5) is 6.87. The van der Waals surface area contributed by atoms with Gasteiger partial charge in [-0.15, -0.1) is 0 Å². The molecule has 2 atom stereocenters. The Bertz CT molecular complexity index is 360. The number of aryl methyl sites for hydroxylation is 1. The molecular formula is C14H26N4. The van der Waals surface area contributed by atoms with Gasteiger partial charge in [-0.1, -0.05) is 13.3 Å². The molecule has 0 saturated carbocycles. The molecule has 0 spiro atoms. The maximum Gasteiger partial charge on any atom is 0.105 e. The van der Waals surface area contributed by atoms with Crippen molar-refractivity contribution in [3.63, 3.8) is 0 Å². The third kappa shape index (κ3) is 3.12. The summed E-state index contributed by atoms with van der Waals surface area (Å²) in [6.07, 6.45) is 6.51. The van der Waals surface area contributed by atoms with Crippen molar-refractivity contribution in [2.75, 3.05) is 26.7 Å². The Morgan fingerprint density at radius 3 is 2.89 bits per heavy atom. The van der Waals surface area contributed by atoms with Crippen molar-refractivity contribution < 1.29 is 0 Å². The van der Waals surface area contributed by atoms with Gasteiger partial charge in [-0.2, -0.15) is 0 Å². The number of rotatable bonds is 5. The van der Waals surface area contributed by atoms with Gasteiger partial charge >= 0.3 is 0 Å². The molecule has 1 saturated heterocycles. The van der Waals surface area contributed by atoms with E-state index in [-0.39, 0.29) is 0 Å². The summed E-state index contributed by atoms with van der Waals surface area (Å²) in [7, 11) is 2.10.